The molecule has 5 rings (SSSR count). The van der Waals surface area contributed by atoms with E-state index in [0.717, 1.165) is 32.1 Å². The van der Waals surface area contributed by atoms with Gasteiger partial charge < -0.3 is 15.9 Å². The number of aliphatic hydroxyl groups is 2. The number of nitrogens with zero attached hydrogens (tertiary/aromatic N) is 1. The monoisotopic (exact) mass is 476 g/mol. The van der Waals surface area contributed by atoms with Crippen molar-refractivity contribution in [3.8, 4) is 0 Å². The summed E-state index contributed by atoms with van der Waals surface area (Å²) in [4.78, 5) is 16.2. The van der Waals surface area contributed by atoms with Crippen molar-refractivity contribution in [3.63, 3.8) is 0 Å². The number of rotatable bonds is 4. The number of fused-ring (bicyclic) bond motifs is 5. The summed E-state index contributed by atoms with van der Waals surface area (Å²) in [6.07, 6.45) is 9.14. The van der Waals surface area contributed by atoms with Crippen LogP contribution in [0.15, 0.2) is 4.99 Å². The van der Waals surface area contributed by atoms with Crippen molar-refractivity contribution in [3.05, 3.63) is 0 Å². The topological polar surface area (TPSA) is 95.9 Å². The second-order valence-corrected chi connectivity index (χ2v) is 14.0. The molecule has 5 aliphatic rings. The Bertz CT molecular complexity index is 819. The molecule has 33 heavy (non-hydrogen) atoms. The lowest BCUT2D eigenvalue weighted by molar-refractivity contribution is -0.203. The second-order valence-electron chi connectivity index (χ2n) is 12.7. The van der Waals surface area contributed by atoms with Gasteiger partial charge in [-0.2, -0.15) is 4.99 Å². The molecular weight excluding hydrogens is 432 g/mol. The summed E-state index contributed by atoms with van der Waals surface area (Å²) < 4.78 is 0. The Balaban J connectivity index is 1.39. The highest BCUT2D eigenvalue weighted by molar-refractivity contribution is 8.15. The van der Waals surface area contributed by atoms with E-state index in [1.165, 1.54) is 37.4 Å². The van der Waals surface area contributed by atoms with Gasteiger partial charge in [0.15, 0.2) is 5.17 Å². The van der Waals surface area contributed by atoms with Crippen LogP contribution in [0.5, 0.6) is 0 Å². The molecule has 0 aromatic rings. The van der Waals surface area contributed by atoms with E-state index in [0.29, 0.717) is 46.6 Å². The minimum absolute atomic E-state index is 0.0558. The molecule has 0 spiro atoms. The predicted molar refractivity (Wildman–Crippen MR) is 134 cm³/mol. The summed E-state index contributed by atoms with van der Waals surface area (Å²) in [5.74, 6) is 3.24. The number of hydrogen-bond acceptors (Lipinski definition) is 5. The molecule has 0 bridgehead atoms. The fourth-order valence-electron chi connectivity index (χ4n) is 9.99. The maximum Gasteiger partial charge on any atom is 0.261 e. The van der Waals surface area contributed by atoms with Crippen molar-refractivity contribution in [1.82, 2.24) is 0 Å². The van der Waals surface area contributed by atoms with Crippen LogP contribution < -0.4 is 5.73 Å². The second kappa shape index (κ2) is 8.51. The van der Waals surface area contributed by atoms with Crippen LogP contribution in [0.2, 0.25) is 0 Å². The van der Waals surface area contributed by atoms with Crippen LogP contribution in [0.3, 0.4) is 0 Å². The zero-order valence-corrected chi connectivity index (χ0v) is 21.7. The van der Waals surface area contributed by atoms with Crippen LogP contribution >= 0.6 is 11.8 Å². The highest BCUT2D eigenvalue weighted by Gasteiger charge is 2.65. The number of hydrogen-bond donors (Lipinski definition) is 3. The van der Waals surface area contributed by atoms with Gasteiger partial charge in [-0.25, -0.2) is 0 Å². The molecule has 4 fully saturated rings. The van der Waals surface area contributed by atoms with Crippen LogP contribution in [0.1, 0.15) is 85.5 Å². The maximum atomic E-state index is 12.3. The molecule has 6 heteroatoms. The van der Waals surface area contributed by atoms with E-state index in [4.69, 9.17) is 5.73 Å². The Morgan fingerprint density at radius 3 is 2.45 bits per heavy atom. The fourth-order valence-corrected chi connectivity index (χ4v) is 11.0. The third-order valence-corrected chi connectivity index (χ3v) is 12.5. The number of nitrogens with two attached hydrogens (primary N) is 1. The summed E-state index contributed by atoms with van der Waals surface area (Å²) in [5.41, 5.74) is 6.29. The van der Waals surface area contributed by atoms with Crippen molar-refractivity contribution >= 4 is 22.8 Å². The van der Waals surface area contributed by atoms with Gasteiger partial charge in [0.25, 0.3) is 5.91 Å². The third kappa shape index (κ3) is 3.64. The average molecular weight is 477 g/mol. The summed E-state index contributed by atoms with van der Waals surface area (Å²) in [5, 5.41) is 22.6. The van der Waals surface area contributed by atoms with E-state index >= 15 is 0 Å². The van der Waals surface area contributed by atoms with Gasteiger partial charge in [-0.1, -0.05) is 45.9 Å². The van der Waals surface area contributed by atoms with Gasteiger partial charge in [0.2, 0.25) is 0 Å². The van der Waals surface area contributed by atoms with Gasteiger partial charge in [0.1, 0.15) is 0 Å². The Morgan fingerprint density at radius 2 is 1.79 bits per heavy atom. The number of amidine groups is 1. The van der Waals surface area contributed by atoms with Gasteiger partial charge in [0, 0.05) is 0 Å². The van der Waals surface area contributed by atoms with Crippen molar-refractivity contribution in [2.75, 3.05) is 0 Å². The molecule has 4 aliphatic carbocycles. The first-order valence-corrected chi connectivity index (χ1v) is 14.4. The molecule has 1 heterocycles. The molecule has 5 nitrogen and oxygen atoms in total. The van der Waals surface area contributed by atoms with Gasteiger partial charge in [-0.3, -0.25) is 4.79 Å². The Labute approximate surface area is 203 Å². The Morgan fingerprint density at radius 1 is 1.09 bits per heavy atom. The lowest BCUT2D eigenvalue weighted by Gasteiger charge is -2.64. The van der Waals surface area contributed by atoms with Crippen molar-refractivity contribution in [2.24, 2.45) is 63.0 Å². The molecule has 1 amide bonds. The summed E-state index contributed by atoms with van der Waals surface area (Å²) in [6.45, 7) is 9.57. The number of aliphatic imine (C=N–C) groups is 1. The molecule has 4 N–H and O–H groups in total. The predicted octanol–water partition coefficient (Wildman–Crippen LogP) is 4.60. The minimum atomic E-state index is -0.248. The summed E-state index contributed by atoms with van der Waals surface area (Å²) in [6, 6.07) is 0. The quantitative estimate of drug-likeness (QED) is 0.551. The molecule has 4 saturated carbocycles. The highest BCUT2D eigenvalue weighted by atomic mass is 32.2. The van der Waals surface area contributed by atoms with E-state index in [2.05, 4.69) is 32.7 Å². The fraction of sp³-hybridized carbons (Fsp3) is 0.926. The number of carbonyl (C=O) groups excluding carboxylic acids is 1. The molecule has 0 radical (unpaired) electrons. The third-order valence-electron chi connectivity index (χ3n) is 11.5. The van der Waals surface area contributed by atoms with Crippen molar-refractivity contribution in [1.29, 1.82) is 0 Å². The standard InChI is InChI=1S/C27H44N2O3S/c1-5-16-20-13-15(30)8-10-27(20,4)19-9-11-26(3)17(6-7-18(26)22(19)23(16)31)14(2)12-21-24(32)29-25(28)33-21/h14-23,30-31H,5-13H2,1-4H3,(H2,28,29,32)/t14-,15-,16-,17?,18?,19?,20+,21+,22?,23?,26-,27-/m1/s1. The molecule has 186 valence electrons. The molecule has 0 aromatic carbocycles. The summed E-state index contributed by atoms with van der Waals surface area (Å²) >= 11 is 1.44. The molecule has 0 saturated heterocycles. The number of aliphatic hydroxyl groups excluding tert-OH is 2. The van der Waals surface area contributed by atoms with Crippen LogP contribution in [0.4, 0.5) is 0 Å². The van der Waals surface area contributed by atoms with Gasteiger partial charge in [0.05, 0.1) is 17.5 Å². The average Bonchev–Trinajstić information content (AvgIpc) is 3.27. The highest BCUT2D eigenvalue weighted by Crippen LogP contribution is 2.69. The Hall–Kier alpha value is -0.590. The van der Waals surface area contributed by atoms with E-state index in [1.54, 1.807) is 0 Å². The van der Waals surface area contributed by atoms with Crippen LogP contribution in [-0.2, 0) is 4.79 Å². The van der Waals surface area contributed by atoms with Crippen molar-refractivity contribution in [2.45, 2.75) is 103 Å². The molecular formula is C27H44N2O3S. The lowest BCUT2D eigenvalue weighted by atomic mass is 9.41. The van der Waals surface area contributed by atoms with E-state index in [1.807, 2.05) is 0 Å². The van der Waals surface area contributed by atoms with Crippen LogP contribution in [0, 0.1) is 52.3 Å². The molecule has 5 unspecified atom stereocenters. The number of thioether (sulfide) groups is 1. The van der Waals surface area contributed by atoms with E-state index in [9.17, 15) is 15.0 Å². The SMILES string of the molecule is CC[C@H]1C(O)C2C3CCC([C@H](C)C[C@@H]4SC(N)=NC4=O)[C@@]3(C)CCC2[C@@]2(C)CC[C@@H](O)C[C@@H]12. The van der Waals surface area contributed by atoms with Gasteiger partial charge in [-0.05, 0) is 104 Å². The first-order valence-electron chi connectivity index (χ1n) is 13.5. The molecule has 12 atom stereocenters. The lowest BCUT2D eigenvalue weighted by Crippen LogP contribution is -2.62. The number of amides is 1. The Kier molecular flexibility index (Phi) is 6.22. The van der Waals surface area contributed by atoms with Gasteiger partial charge >= 0.3 is 0 Å². The largest absolute Gasteiger partial charge is 0.393 e. The van der Waals surface area contributed by atoms with E-state index < -0.39 is 0 Å². The zero-order chi connectivity index (χ0) is 23.7. The minimum Gasteiger partial charge on any atom is -0.393 e. The first kappa shape index (κ1) is 24.1. The maximum absolute atomic E-state index is 12.3. The smallest absolute Gasteiger partial charge is 0.261 e. The van der Waals surface area contributed by atoms with Crippen LogP contribution in [-0.4, -0.2) is 38.7 Å². The molecule has 1 aliphatic heterocycles. The van der Waals surface area contributed by atoms with Gasteiger partial charge in [-0.15, -0.1) is 0 Å². The first-order chi connectivity index (χ1) is 15.6. The number of carbonyl (C=O) groups is 1. The van der Waals surface area contributed by atoms with Crippen LogP contribution in [0.25, 0.3) is 0 Å². The zero-order valence-electron chi connectivity index (χ0n) is 20.9. The van der Waals surface area contributed by atoms with E-state index in [-0.39, 0.29) is 34.2 Å². The summed E-state index contributed by atoms with van der Waals surface area (Å²) in [7, 11) is 0. The van der Waals surface area contributed by atoms with Crippen molar-refractivity contribution < 1.29 is 15.0 Å². The normalized spacial score (nSPS) is 52.6. The molecule has 0 aromatic heterocycles.